The molecule has 14 heavy (non-hydrogen) atoms. The molecule has 1 saturated heterocycles. The Labute approximate surface area is 84.5 Å². The van der Waals surface area contributed by atoms with E-state index in [1.165, 1.54) is 0 Å². The first-order valence-electron chi connectivity index (χ1n) is 4.55. The molecule has 84 valence electrons. The van der Waals surface area contributed by atoms with Gasteiger partial charge < -0.3 is 14.2 Å². The predicted molar refractivity (Wildman–Crippen MR) is 51.3 cm³/mol. The second-order valence-corrected chi connectivity index (χ2v) is 3.12. The molecule has 0 spiro atoms. The van der Waals surface area contributed by atoms with Gasteiger partial charge in [0.25, 0.3) is 5.97 Å². The molecule has 0 radical (unpaired) electrons. The van der Waals surface area contributed by atoms with Gasteiger partial charge in [0.2, 0.25) is 0 Å². The maximum Gasteiger partial charge on any atom is 0.295 e. The van der Waals surface area contributed by atoms with Gasteiger partial charge in [-0.05, 0) is 0 Å². The topological polar surface area (TPSA) is 55.0 Å². The van der Waals surface area contributed by atoms with Crippen molar-refractivity contribution in [1.82, 2.24) is 15.5 Å². The van der Waals surface area contributed by atoms with Crippen molar-refractivity contribution in [3.63, 3.8) is 0 Å². The largest absolute Gasteiger partial charge is 0.330 e. The molecule has 1 fully saturated rings. The van der Waals surface area contributed by atoms with E-state index < -0.39 is 5.97 Å². The van der Waals surface area contributed by atoms with Gasteiger partial charge in [-0.3, -0.25) is 15.5 Å². The van der Waals surface area contributed by atoms with Crippen molar-refractivity contribution in [3.05, 3.63) is 0 Å². The fourth-order valence-corrected chi connectivity index (χ4v) is 1.40. The highest BCUT2D eigenvalue weighted by Crippen LogP contribution is 2.13. The molecule has 0 atom stereocenters. The number of hydrogen-bond donors (Lipinski definition) is 2. The lowest BCUT2D eigenvalue weighted by molar-refractivity contribution is -0.357. The molecule has 0 aliphatic carbocycles. The summed E-state index contributed by atoms with van der Waals surface area (Å²) in [6, 6.07) is 0. The lowest BCUT2D eigenvalue weighted by atomic mass is 10.4. The minimum atomic E-state index is -0.972. The van der Waals surface area contributed by atoms with Crippen LogP contribution in [0, 0.1) is 0 Å². The molecule has 0 aromatic heterocycles. The Balaban J connectivity index is 2.44. The molecule has 6 nitrogen and oxygen atoms in total. The van der Waals surface area contributed by atoms with E-state index in [4.69, 9.17) is 14.2 Å². The number of methoxy groups -OCH3 is 3. The van der Waals surface area contributed by atoms with E-state index in [-0.39, 0.29) is 0 Å². The second kappa shape index (κ2) is 5.59. The number of nitrogens with one attached hydrogen (secondary N) is 2. The number of hydrogen-bond acceptors (Lipinski definition) is 6. The SMILES string of the molecule is COC(CN1CNCNC1)(OC)OC. The fraction of sp³-hybridized carbons (Fsp3) is 1.00. The molecule has 1 rings (SSSR count). The van der Waals surface area contributed by atoms with E-state index in [0.29, 0.717) is 6.54 Å². The van der Waals surface area contributed by atoms with E-state index in [2.05, 4.69) is 15.5 Å². The first-order valence-corrected chi connectivity index (χ1v) is 4.55. The maximum absolute atomic E-state index is 5.20. The van der Waals surface area contributed by atoms with Crippen LogP contribution in [0.4, 0.5) is 0 Å². The summed E-state index contributed by atoms with van der Waals surface area (Å²) in [4.78, 5) is 2.10. The molecule has 1 aliphatic rings. The van der Waals surface area contributed by atoms with Crippen molar-refractivity contribution in [2.75, 3.05) is 47.9 Å². The van der Waals surface area contributed by atoms with Crippen LogP contribution in [0.1, 0.15) is 0 Å². The van der Waals surface area contributed by atoms with Gasteiger partial charge in [-0.1, -0.05) is 0 Å². The molecule has 6 heteroatoms. The lowest BCUT2D eigenvalue weighted by Crippen LogP contribution is -2.56. The van der Waals surface area contributed by atoms with Crippen molar-refractivity contribution < 1.29 is 14.2 Å². The normalized spacial score (nSPS) is 19.9. The minimum absolute atomic E-state index is 0.552. The van der Waals surface area contributed by atoms with Gasteiger partial charge in [0, 0.05) is 28.0 Å². The molecule has 2 N–H and O–H groups in total. The third-order valence-electron chi connectivity index (χ3n) is 2.27. The van der Waals surface area contributed by atoms with Gasteiger partial charge >= 0.3 is 0 Å². The van der Waals surface area contributed by atoms with Crippen molar-refractivity contribution in [1.29, 1.82) is 0 Å². The molecule has 0 unspecified atom stereocenters. The molecular weight excluding hydrogens is 186 g/mol. The van der Waals surface area contributed by atoms with Crippen LogP contribution >= 0.6 is 0 Å². The first kappa shape index (κ1) is 11.8. The third kappa shape index (κ3) is 2.88. The van der Waals surface area contributed by atoms with Crippen molar-refractivity contribution >= 4 is 0 Å². The summed E-state index contributed by atoms with van der Waals surface area (Å²) in [5.41, 5.74) is 0. The Morgan fingerprint density at radius 2 is 1.57 bits per heavy atom. The van der Waals surface area contributed by atoms with Crippen LogP contribution in [0.2, 0.25) is 0 Å². The van der Waals surface area contributed by atoms with Gasteiger partial charge in [-0.15, -0.1) is 0 Å². The van der Waals surface area contributed by atoms with Gasteiger partial charge in [-0.25, -0.2) is 0 Å². The Morgan fingerprint density at radius 3 is 2.00 bits per heavy atom. The van der Waals surface area contributed by atoms with Crippen molar-refractivity contribution in [3.8, 4) is 0 Å². The van der Waals surface area contributed by atoms with E-state index >= 15 is 0 Å². The van der Waals surface area contributed by atoms with Gasteiger partial charge in [-0.2, -0.15) is 0 Å². The number of rotatable bonds is 5. The fourth-order valence-electron chi connectivity index (χ4n) is 1.40. The summed E-state index contributed by atoms with van der Waals surface area (Å²) < 4.78 is 15.6. The van der Waals surface area contributed by atoms with E-state index in [9.17, 15) is 0 Å². The van der Waals surface area contributed by atoms with Crippen molar-refractivity contribution in [2.45, 2.75) is 5.97 Å². The smallest absolute Gasteiger partial charge is 0.295 e. The summed E-state index contributed by atoms with van der Waals surface area (Å²) in [5.74, 6) is -0.972. The monoisotopic (exact) mass is 205 g/mol. The van der Waals surface area contributed by atoms with E-state index in [0.717, 1.165) is 20.0 Å². The highest BCUT2D eigenvalue weighted by atomic mass is 16.9. The maximum atomic E-state index is 5.20. The molecule has 1 aliphatic heterocycles. The first-order chi connectivity index (χ1) is 6.76. The third-order valence-corrected chi connectivity index (χ3v) is 2.27. The molecule has 0 aromatic carbocycles. The minimum Gasteiger partial charge on any atom is -0.330 e. The zero-order chi connectivity index (χ0) is 10.4. The van der Waals surface area contributed by atoms with Gasteiger partial charge in [0.15, 0.2) is 0 Å². The highest BCUT2D eigenvalue weighted by molar-refractivity contribution is 4.67. The van der Waals surface area contributed by atoms with Crippen LogP contribution in [0.3, 0.4) is 0 Å². The summed E-state index contributed by atoms with van der Waals surface area (Å²) in [6.07, 6.45) is 0. The molecule has 0 amide bonds. The summed E-state index contributed by atoms with van der Waals surface area (Å²) >= 11 is 0. The molecule has 0 saturated carbocycles. The van der Waals surface area contributed by atoms with Crippen LogP contribution in [0.15, 0.2) is 0 Å². The van der Waals surface area contributed by atoms with Crippen LogP contribution in [0.25, 0.3) is 0 Å². The molecule has 0 aromatic rings. The molecule has 1 heterocycles. The predicted octanol–water partition coefficient (Wildman–Crippen LogP) is -1.05. The van der Waals surface area contributed by atoms with E-state index in [1.54, 1.807) is 21.3 Å². The summed E-state index contributed by atoms with van der Waals surface area (Å²) in [5, 5.41) is 6.36. The molecular formula is C8H19N3O3. The van der Waals surface area contributed by atoms with Crippen LogP contribution < -0.4 is 10.6 Å². The highest BCUT2D eigenvalue weighted by Gasteiger charge is 2.32. The van der Waals surface area contributed by atoms with Crippen LogP contribution in [0.5, 0.6) is 0 Å². The van der Waals surface area contributed by atoms with E-state index in [1.807, 2.05) is 0 Å². The van der Waals surface area contributed by atoms with Crippen LogP contribution in [-0.2, 0) is 14.2 Å². The second-order valence-electron chi connectivity index (χ2n) is 3.12. The summed E-state index contributed by atoms with van der Waals surface area (Å²) in [7, 11) is 4.70. The Morgan fingerprint density at radius 1 is 1.07 bits per heavy atom. The Bertz CT molecular complexity index is 150. The standard InChI is InChI=1S/C8H19N3O3/c1-12-8(13-2,14-3)4-11-6-9-5-10-7-11/h9-10H,4-7H2,1-3H3. The van der Waals surface area contributed by atoms with Crippen molar-refractivity contribution in [2.24, 2.45) is 0 Å². The van der Waals surface area contributed by atoms with Crippen LogP contribution in [-0.4, -0.2) is 58.8 Å². The van der Waals surface area contributed by atoms with Gasteiger partial charge in [0.1, 0.15) is 0 Å². The Hall–Kier alpha value is -0.240. The average molecular weight is 205 g/mol. The lowest BCUT2D eigenvalue weighted by Gasteiger charge is -2.36. The quantitative estimate of drug-likeness (QED) is 0.558. The molecule has 0 bridgehead atoms. The van der Waals surface area contributed by atoms with Gasteiger partial charge in [0.05, 0.1) is 19.9 Å². The Kier molecular flexibility index (Phi) is 4.73. The zero-order valence-corrected chi connectivity index (χ0v) is 9.00. The summed E-state index contributed by atoms with van der Waals surface area (Å²) in [6.45, 7) is 2.97. The zero-order valence-electron chi connectivity index (χ0n) is 9.00. The number of ether oxygens (including phenoxy) is 3. The number of nitrogens with zero attached hydrogens (tertiary/aromatic N) is 1. The average Bonchev–Trinajstić information content (AvgIpc) is 2.28.